The molecule has 0 saturated heterocycles. The van der Waals surface area contributed by atoms with Gasteiger partial charge >= 0.3 is 5.97 Å². The average molecular weight is 288 g/mol. The Bertz CT molecular complexity index is 688. The number of nitrogens with one attached hydrogen (secondary N) is 2. The molecule has 0 bridgehead atoms. The number of carboxylic acid groups (broad SMARTS) is 1. The number of aryl methyl sites for hydroxylation is 2. The van der Waals surface area contributed by atoms with Gasteiger partial charge in [-0.2, -0.15) is 0 Å². The number of aromatic amines is 1. The van der Waals surface area contributed by atoms with Crippen LogP contribution in [0.5, 0.6) is 0 Å². The van der Waals surface area contributed by atoms with Crippen molar-refractivity contribution in [1.82, 2.24) is 10.3 Å². The van der Waals surface area contributed by atoms with E-state index in [0.717, 1.165) is 22.2 Å². The summed E-state index contributed by atoms with van der Waals surface area (Å²) in [5.74, 6) is -1.47. The zero-order valence-corrected chi connectivity index (χ0v) is 12.5. The Labute approximate surface area is 123 Å². The minimum atomic E-state index is -0.843. The van der Waals surface area contributed by atoms with Crippen molar-refractivity contribution in [2.45, 2.75) is 27.2 Å². The number of fused-ring (bicyclic) bond motifs is 1. The van der Waals surface area contributed by atoms with Crippen molar-refractivity contribution in [3.63, 3.8) is 0 Å². The van der Waals surface area contributed by atoms with Gasteiger partial charge in [0.25, 0.3) is 5.91 Å². The highest BCUT2D eigenvalue weighted by molar-refractivity contribution is 5.99. The van der Waals surface area contributed by atoms with Crippen LogP contribution in [-0.2, 0) is 4.79 Å². The first-order valence-electron chi connectivity index (χ1n) is 7.00. The molecular formula is C16H20N2O3. The summed E-state index contributed by atoms with van der Waals surface area (Å²) in [5.41, 5.74) is 3.84. The lowest BCUT2D eigenvalue weighted by atomic mass is 10.1. The SMILES string of the molecule is Cc1[nH]c2ccc(C(=O)NCCC(C)C(=O)O)cc2c1C. The van der Waals surface area contributed by atoms with E-state index in [1.165, 1.54) is 0 Å². The standard InChI is InChI=1S/C16H20N2O3/c1-9(16(20)21)6-7-17-15(19)12-4-5-14-13(8-12)10(2)11(3)18-14/h4-5,8-9,18H,6-7H2,1-3H3,(H,17,19)(H,20,21). The lowest BCUT2D eigenvalue weighted by Gasteiger charge is -2.08. The van der Waals surface area contributed by atoms with Gasteiger partial charge in [-0.05, 0) is 44.0 Å². The first kappa shape index (κ1) is 15.1. The number of amides is 1. The number of hydrogen-bond donors (Lipinski definition) is 3. The third-order valence-corrected chi connectivity index (χ3v) is 3.85. The molecule has 0 aliphatic rings. The van der Waals surface area contributed by atoms with E-state index < -0.39 is 11.9 Å². The molecule has 5 nitrogen and oxygen atoms in total. The molecule has 3 N–H and O–H groups in total. The smallest absolute Gasteiger partial charge is 0.306 e. The highest BCUT2D eigenvalue weighted by atomic mass is 16.4. The number of hydrogen-bond acceptors (Lipinski definition) is 2. The molecule has 1 amide bonds. The van der Waals surface area contributed by atoms with Crippen LogP contribution in [0, 0.1) is 19.8 Å². The first-order valence-corrected chi connectivity index (χ1v) is 7.00. The maximum Gasteiger partial charge on any atom is 0.306 e. The van der Waals surface area contributed by atoms with Crippen LogP contribution in [0.1, 0.15) is 35.0 Å². The van der Waals surface area contributed by atoms with Crippen LogP contribution in [0.25, 0.3) is 10.9 Å². The molecule has 2 aromatic rings. The number of carboxylic acids is 1. The summed E-state index contributed by atoms with van der Waals surface area (Å²) in [4.78, 5) is 26.1. The van der Waals surface area contributed by atoms with Gasteiger partial charge in [0.1, 0.15) is 0 Å². The second kappa shape index (κ2) is 5.99. The fourth-order valence-electron chi connectivity index (χ4n) is 2.23. The van der Waals surface area contributed by atoms with Crippen molar-refractivity contribution < 1.29 is 14.7 Å². The van der Waals surface area contributed by atoms with Crippen molar-refractivity contribution in [2.75, 3.05) is 6.54 Å². The summed E-state index contributed by atoms with van der Waals surface area (Å²) in [6, 6.07) is 5.53. The van der Waals surface area contributed by atoms with Gasteiger partial charge in [-0.15, -0.1) is 0 Å². The normalized spacial score (nSPS) is 12.3. The van der Waals surface area contributed by atoms with E-state index in [2.05, 4.69) is 10.3 Å². The van der Waals surface area contributed by atoms with Crippen LogP contribution >= 0.6 is 0 Å². The maximum absolute atomic E-state index is 12.1. The number of aromatic nitrogens is 1. The monoisotopic (exact) mass is 288 g/mol. The summed E-state index contributed by atoms with van der Waals surface area (Å²) >= 11 is 0. The lowest BCUT2D eigenvalue weighted by molar-refractivity contribution is -0.141. The fraction of sp³-hybridized carbons (Fsp3) is 0.375. The van der Waals surface area contributed by atoms with Gasteiger partial charge in [-0.3, -0.25) is 9.59 Å². The number of rotatable bonds is 5. The minimum Gasteiger partial charge on any atom is -0.481 e. The molecule has 1 aromatic carbocycles. The fourth-order valence-corrected chi connectivity index (χ4v) is 2.23. The van der Waals surface area contributed by atoms with Crippen LogP contribution in [0.15, 0.2) is 18.2 Å². The van der Waals surface area contributed by atoms with Gasteiger partial charge < -0.3 is 15.4 Å². The molecule has 21 heavy (non-hydrogen) atoms. The van der Waals surface area contributed by atoms with Gasteiger partial charge in [-0.25, -0.2) is 0 Å². The topological polar surface area (TPSA) is 82.2 Å². The highest BCUT2D eigenvalue weighted by Crippen LogP contribution is 2.22. The molecule has 2 rings (SSSR count). The molecule has 1 heterocycles. The van der Waals surface area contributed by atoms with Gasteiger partial charge in [0, 0.05) is 28.7 Å². The van der Waals surface area contributed by atoms with Crippen LogP contribution in [0.4, 0.5) is 0 Å². The van der Waals surface area contributed by atoms with Crippen LogP contribution in [0.2, 0.25) is 0 Å². The van der Waals surface area contributed by atoms with Crippen LogP contribution in [-0.4, -0.2) is 28.5 Å². The third kappa shape index (κ3) is 3.24. The predicted molar refractivity (Wildman–Crippen MR) is 81.5 cm³/mol. The number of carbonyl (C=O) groups excluding carboxylic acids is 1. The second-order valence-electron chi connectivity index (χ2n) is 5.42. The summed E-state index contributed by atoms with van der Waals surface area (Å²) < 4.78 is 0. The molecule has 112 valence electrons. The molecule has 1 atom stereocenters. The predicted octanol–water partition coefficient (Wildman–Crippen LogP) is 2.63. The number of carbonyl (C=O) groups is 2. The molecule has 0 aliphatic carbocycles. The zero-order valence-electron chi connectivity index (χ0n) is 12.5. The Kier molecular flexibility index (Phi) is 4.31. The van der Waals surface area contributed by atoms with E-state index in [0.29, 0.717) is 18.5 Å². The van der Waals surface area contributed by atoms with E-state index in [-0.39, 0.29) is 5.91 Å². The highest BCUT2D eigenvalue weighted by Gasteiger charge is 2.12. The summed E-state index contributed by atoms with van der Waals surface area (Å²) in [7, 11) is 0. The first-order chi connectivity index (χ1) is 9.90. The minimum absolute atomic E-state index is 0.173. The zero-order chi connectivity index (χ0) is 15.6. The van der Waals surface area contributed by atoms with Crippen molar-refractivity contribution in [2.24, 2.45) is 5.92 Å². The molecule has 0 spiro atoms. The van der Waals surface area contributed by atoms with E-state index in [4.69, 9.17) is 5.11 Å². The number of H-pyrrole nitrogens is 1. The van der Waals surface area contributed by atoms with Crippen LogP contribution < -0.4 is 5.32 Å². The summed E-state index contributed by atoms with van der Waals surface area (Å²) in [6.45, 7) is 6.01. The van der Waals surface area contributed by atoms with Gasteiger partial charge in [0.15, 0.2) is 0 Å². The number of aliphatic carboxylic acids is 1. The quantitative estimate of drug-likeness (QED) is 0.791. The van der Waals surface area contributed by atoms with E-state index >= 15 is 0 Å². The molecule has 1 unspecified atom stereocenters. The van der Waals surface area contributed by atoms with Gasteiger partial charge in [0.2, 0.25) is 0 Å². The molecule has 1 aromatic heterocycles. The third-order valence-electron chi connectivity index (χ3n) is 3.85. The molecular weight excluding hydrogens is 268 g/mol. The van der Waals surface area contributed by atoms with E-state index in [9.17, 15) is 9.59 Å². The van der Waals surface area contributed by atoms with Crippen molar-refractivity contribution >= 4 is 22.8 Å². The Balaban J connectivity index is 2.06. The summed E-state index contributed by atoms with van der Waals surface area (Å²) in [6.07, 6.45) is 0.422. The number of benzene rings is 1. The molecule has 5 heteroatoms. The maximum atomic E-state index is 12.1. The Morgan fingerprint density at radius 1 is 1.33 bits per heavy atom. The van der Waals surface area contributed by atoms with Crippen LogP contribution in [0.3, 0.4) is 0 Å². The van der Waals surface area contributed by atoms with Gasteiger partial charge in [0.05, 0.1) is 5.92 Å². The largest absolute Gasteiger partial charge is 0.481 e. The van der Waals surface area contributed by atoms with Crippen molar-refractivity contribution in [3.05, 3.63) is 35.0 Å². The van der Waals surface area contributed by atoms with E-state index in [1.807, 2.05) is 26.0 Å². The molecule has 0 aliphatic heterocycles. The second-order valence-corrected chi connectivity index (χ2v) is 5.42. The molecule has 0 radical (unpaired) electrons. The van der Waals surface area contributed by atoms with Crippen molar-refractivity contribution in [3.8, 4) is 0 Å². The van der Waals surface area contributed by atoms with Crippen molar-refractivity contribution in [1.29, 1.82) is 0 Å². The summed E-state index contributed by atoms with van der Waals surface area (Å²) in [5, 5.41) is 12.6. The Hall–Kier alpha value is -2.30. The Morgan fingerprint density at radius 2 is 2.05 bits per heavy atom. The molecule has 0 fully saturated rings. The van der Waals surface area contributed by atoms with Gasteiger partial charge in [-0.1, -0.05) is 6.92 Å². The van der Waals surface area contributed by atoms with E-state index in [1.54, 1.807) is 13.0 Å². The molecule has 0 saturated carbocycles. The lowest BCUT2D eigenvalue weighted by Crippen LogP contribution is -2.27. The average Bonchev–Trinajstić information content (AvgIpc) is 2.73. The Morgan fingerprint density at radius 3 is 2.71 bits per heavy atom.